The number of hydrogen-bond acceptors (Lipinski definition) is 5. The normalized spacial score (nSPS) is 22.5. The minimum Gasteiger partial charge on any atom is -0.350 e. The fraction of sp³-hybridized carbons (Fsp3) is 0.765. The van der Waals surface area contributed by atoms with Gasteiger partial charge in [-0.15, -0.1) is 11.3 Å². The summed E-state index contributed by atoms with van der Waals surface area (Å²) in [6.45, 7) is 3.97. The number of anilines is 1. The van der Waals surface area contributed by atoms with Crippen molar-refractivity contribution >= 4 is 22.4 Å². The second-order valence-electron chi connectivity index (χ2n) is 6.76. The number of aromatic nitrogens is 1. The van der Waals surface area contributed by atoms with Crippen molar-refractivity contribution < 1.29 is 4.79 Å². The Labute approximate surface area is 143 Å². The van der Waals surface area contributed by atoms with Crippen molar-refractivity contribution in [3.8, 4) is 0 Å². The largest absolute Gasteiger partial charge is 0.350 e. The molecule has 1 atom stereocenters. The Morgan fingerprint density at radius 2 is 2.09 bits per heavy atom. The van der Waals surface area contributed by atoms with Crippen LogP contribution in [0.15, 0.2) is 5.38 Å². The molecule has 2 aliphatic heterocycles. The number of likely N-dealkylation sites (tertiary alicyclic amines) is 1. The molecule has 0 saturated carbocycles. The smallest absolute Gasteiger partial charge is 0.220 e. The van der Waals surface area contributed by atoms with Crippen LogP contribution >= 0.6 is 11.3 Å². The van der Waals surface area contributed by atoms with Crippen molar-refractivity contribution in [1.82, 2.24) is 15.2 Å². The van der Waals surface area contributed by atoms with E-state index in [1.165, 1.54) is 38.6 Å². The van der Waals surface area contributed by atoms with Crippen LogP contribution in [0.4, 0.5) is 5.13 Å². The maximum absolute atomic E-state index is 12.1. The van der Waals surface area contributed by atoms with Crippen LogP contribution in [0.1, 0.15) is 50.6 Å². The van der Waals surface area contributed by atoms with Gasteiger partial charge in [-0.05, 0) is 45.7 Å². The molecule has 3 heterocycles. The van der Waals surface area contributed by atoms with Crippen LogP contribution < -0.4 is 10.2 Å². The van der Waals surface area contributed by atoms with E-state index >= 15 is 0 Å². The second-order valence-corrected chi connectivity index (χ2v) is 7.60. The van der Waals surface area contributed by atoms with Gasteiger partial charge in [-0.1, -0.05) is 6.42 Å². The van der Waals surface area contributed by atoms with Gasteiger partial charge < -0.3 is 15.1 Å². The average Bonchev–Trinajstić information content (AvgIpc) is 3.23. The van der Waals surface area contributed by atoms with Crippen molar-refractivity contribution in [2.45, 2.75) is 57.5 Å². The molecule has 0 unspecified atom stereocenters. The number of hydrogen-bond donors (Lipinski definition) is 1. The second kappa shape index (κ2) is 8.11. The number of nitrogens with one attached hydrogen (secondary N) is 1. The molecule has 5 nitrogen and oxygen atoms in total. The van der Waals surface area contributed by atoms with E-state index < -0.39 is 0 Å². The van der Waals surface area contributed by atoms with Crippen LogP contribution in [0.5, 0.6) is 0 Å². The summed E-state index contributed by atoms with van der Waals surface area (Å²) in [5.74, 6) is 0.152. The standard InChI is InChI=1S/C17H28N4OS/c1-20-9-3-2-6-15(20)7-8-16(22)18-12-14-13-23-17(19-14)21-10-4-5-11-21/h13,15H,2-12H2,1H3,(H,18,22)/t15-/m0/s1. The third kappa shape index (κ3) is 4.67. The van der Waals surface area contributed by atoms with Gasteiger partial charge in [0, 0.05) is 30.9 Å². The molecule has 128 valence electrons. The lowest BCUT2D eigenvalue weighted by Crippen LogP contribution is -2.37. The van der Waals surface area contributed by atoms with Crippen LogP contribution in [-0.4, -0.2) is 48.5 Å². The fourth-order valence-electron chi connectivity index (χ4n) is 3.52. The van der Waals surface area contributed by atoms with E-state index in [4.69, 9.17) is 0 Å². The zero-order chi connectivity index (χ0) is 16.1. The molecule has 0 aromatic carbocycles. The van der Waals surface area contributed by atoms with Gasteiger partial charge in [0.15, 0.2) is 5.13 Å². The molecule has 23 heavy (non-hydrogen) atoms. The Bertz CT molecular complexity index is 512. The molecule has 2 aliphatic rings. The predicted octanol–water partition coefficient (Wildman–Crippen LogP) is 2.62. The van der Waals surface area contributed by atoms with E-state index in [1.807, 2.05) is 0 Å². The highest BCUT2D eigenvalue weighted by atomic mass is 32.1. The maximum atomic E-state index is 12.1. The molecular formula is C17H28N4OS. The number of rotatable bonds is 6. The van der Waals surface area contributed by atoms with E-state index in [1.54, 1.807) is 11.3 Å². The van der Waals surface area contributed by atoms with Crippen LogP contribution in [0, 0.1) is 0 Å². The van der Waals surface area contributed by atoms with E-state index in [0.717, 1.165) is 30.3 Å². The van der Waals surface area contributed by atoms with Gasteiger partial charge in [-0.3, -0.25) is 4.79 Å². The van der Waals surface area contributed by atoms with Crippen molar-refractivity contribution in [2.75, 3.05) is 31.6 Å². The van der Waals surface area contributed by atoms with Crippen LogP contribution in [0.25, 0.3) is 0 Å². The van der Waals surface area contributed by atoms with Crippen LogP contribution in [0.3, 0.4) is 0 Å². The SMILES string of the molecule is CN1CCCC[C@H]1CCC(=O)NCc1csc(N2CCCC2)n1. The molecule has 1 aromatic heterocycles. The summed E-state index contributed by atoms with van der Waals surface area (Å²) in [4.78, 5) is 21.5. The quantitative estimate of drug-likeness (QED) is 0.867. The van der Waals surface area contributed by atoms with Crippen molar-refractivity contribution in [3.63, 3.8) is 0 Å². The van der Waals surface area contributed by atoms with Gasteiger partial charge in [0.25, 0.3) is 0 Å². The molecule has 1 N–H and O–H groups in total. The highest BCUT2D eigenvalue weighted by molar-refractivity contribution is 7.13. The molecule has 2 saturated heterocycles. The number of nitrogens with zero attached hydrogens (tertiary/aromatic N) is 3. The fourth-order valence-corrected chi connectivity index (χ4v) is 4.39. The Kier molecular flexibility index (Phi) is 5.89. The summed E-state index contributed by atoms with van der Waals surface area (Å²) < 4.78 is 0. The summed E-state index contributed by atoms with van der Waals surface area (Å²) in [6.07, 6.45) is 7.95. The minimum atomic E-state index is 0.152. The summed E-state index contributed by atoms with van der Waals surface area (Å²) in [6, 6.07) is 0.579. The van der Waals surface area contributed by atoms with E-state index in [2.05, 4.69) is 32.5 Å². The number of amides is 1. The molecule has 2 fully saturated rings. The van der Waals surface area contributed by atoms with E-state index in [0.29, 0.717) is 19.0 Å². The highest BCUT2D eigenvalue weighted by Gasteiger charge is 2.20. The first-order valence-corrected chi connectivity index (χ1v) is 9.76. The zero-order valence-electron chi connectivity index (χ0n) is 14.1. The topological polar surface area (TPSA) is 48.5 Å². The molecule has 1 aromatic rings. The summed E-state index contributed by atoms with van der Waals surface area (Å²) in [5.41, 5.74) is 0.986. The Morgan fingerprint density at radius 3 is 2.87 bits per heavy atom. The van der Waals surface area contributed by atoms with Crippen LogP contribution in [-0.2, 0) is 11.3 Å². The van der Waals surface area contributed by atoms with Crippen molar-refractivity contribution in [1.29, 1.82) is 0 Å². The van der Waals surface area contributed by atoms with Gasteiger partial charge in [0.2, 0.25) is 5.91 Å². The Balaban J connectivity index is 1.38. The average molecular weight is 337 g/mol. The maximum Gasteiger partial charge on any atom is 0.220 e. The van der Waals surface area contributed by atoms with Gasteiger partial charge in [-0.25, -0.2) is 4.98 Å². The molecular weight excluding hydrogens is 308 g/mol. The molecule has 0 spiro atoms. The highest BCUT2D eigenvalue weighted by Crippen LogP contribution is 2.24. The number of carbonyl (C=O) groups excluding carboxylic acids is 1. The van der Waals surface area contributed by atoms with Crippen molar-refractivity contribution in [2.24, 2.45) is 0 Å². The Morgan fingerprint density at radius 1 is 1.30 bits per heavy atom. The zero-order valence-corrected chi connectivity index (χ0v) is 14.9. The van der Waals surface area contributed by atoms with Gasteiger partial charge in [0.1, 0.15) is 0 Å². The first-order valence-electron chi connectivity index (χ1n) is 8.88. The molecule has 1 amide bonds. The summed E-state index contributed by atoms with van der Waals surface area (Å²) >= 11 is 1.69. The minimum absolute atomic E-state index is 0.152. The third-order valence-electron chi connectivity index (χ3n) is 5.01. The lowest BCUT2D eigenvalue weighted by atomic mass is 9.98. The van der Waals surface area contributed by atoms with Gasteiger partial charge in [-0.2, -0.15) is 0 Å². The number of thiazole rings is 1. The molecule has 3 rings (SSSR count). The predicted molar refractivity (Wildman–Crippen MR) is 94.9 cm³/mol. The molecule has 6 heteroatoms. The van der Waals surface area contributed by atoms with Gasteiger partial charge >= 0.3 is 0 Å². The van der Waals surface area contributed by atoms with E-state index in [-0.39, 0.29) is 5.91 Å². The summed E-state index contributed by atoms with van der Waals surface area (Å²) in [7, 11) is 2.18. The Hall–Kier alpha value is -1.14. The lowest BCUT2D eigenvalue weighted by Gasteiger charge is -2.32. The summed E-state index contributed by atoms with van der Waals surface area (Å²) in [5, 5.41) is 6.20. The molecule has 0 aliphatic carbocycles. The lowest BCUT2D eigenvalue weighted by molar-refractivity contribution is -0.121. The molecule has 0 radical (unpaired) electrons. The van der Waals surface area contributed by atoms with Crippen LogP contribution in [0.2, 0.25) is 0 Å². The first kappa shape index (κ1) is 16.7. The third-order valence-corrected chi connectivity index (χ3v) is 5.96. The van der Waals surface area contributed by atoms with Crippen molar-refractivity contribution in [3.05, 3.63) is 11.1 Å². The van der Waals surface area contributed by atoms with Gasteiger partial charge in [0.05, 0.1) is 12.2 Å². The molecule has 0 bridgehead atoms. The number of carbonyl (C=O) groups is 1. The first-order chi connectivity index (χ1) is 11.2. The number of piperidine rings is 1. The van der Waals surface area contributed by atoms with E-state index in [9.17, 15) is 4.79 Å². The monoisotopic (exact) mass is 336 g/mol.